The molecule has 0 saturated heterocycles. The van der Waals surface area contributed by atoms with Gasteiger partial charge in [-0.2, -0.15) is 0 Å². The highest BCUT2D eigenvalue weighted by molar-refractivity contribution is 5.20. The number of methoxy groups -OCH3 is 3. The lowest BCUT2D eigenvalue weighted by atomic mass is 10.2. The van der Waals surface area contributed by atoms with Gasteiger partial charge in [0.15, 0.2) is 12.4 Å². The average Bonchev–Trinajstić information content (AvgIpc) is 2.30. The summed E-state index contributed by atoms with van der Waals surface area (Å²) in [5.41, 5.74) is 0.286. The van der Waals surface area contributed by atoms with Gasteiger partial charge in [-0.3, -0.25) is 4.98 Å². The first-order valence-corrected chi connectivity index (χ1v) is 4.33. The first-order valence-electron chi connectivity index (χ1n) is 4.33. The van der Waals surface area contributed by atoms with Crippen LogP contribution in [0.15, 0.2) is 12.4 Å². The molecule has 0 radical (unpaired) electrons. The predicted octanol–water partition coefficient (Wildman–Crippen LogP) is 0.137. The summed E-state index contributed by atoms with van der Waals surface area (Å²) < 4.78 is 14.8. The third kappa shape index (κ3) is 2.62. The highest BCUT2D eigenvalue weighted by Gasteiger charge is 2.25. The van der Waals surface area contributed by atoms with Gasteiger partial charge in [-0.25, -0.2) is 4.98 Å². The van der Waals surface area contributed by atoms with E-state index in [1.165, 1.54) is 33.7 Å². The molecule has 0 amide bonds. The molecule has 0 spiro atoms. The minimum Gasteiger partial charge on any atom is -0.480 e. The number of rotatable bonds is 5. The van der Waals surface area contributed by atoms with Crippen molar-refractivity contribution < 1.29 is 19.3 Å². The van der Waals surface area contributed by atoms with Crippen LogP contribution < -0.4 is 4.74 Å². The van der Waals surface area contributed by atoms with E-state index in [0.717, 1.165) is 0 Å². The molecule has 0 aliphatic rings. The second kappa shape index (κ2) is 5.59. The van der Waals surface area contributed by atoms with Gasteiger partial charge < -0.3 is 19.3 Å². The number of ether oxygens (including phenoxy) is 3. The van der Waals surface area contributed by atoms with Crippen LogP contribution in [-0.4, -0.2) is 42.7 Å². The molecule has 0 bridgehead atoms. The van der Waals surface area contributed by atoms with Crippen LogP contribution in [0, 0.1) is 0 Å². The molecule has 1 aromatic heterocycles. The molecule has 6 heteroatoms. The summed E-state index contributed by atoms with van der Waals surface area (Å²) in [6.07, 6.45) is 1.10. The van der Waals surface area contributed by atoms with Crippen LogP contribution in [0.1, 0.15) is 11.8 Å². The number of aliphatic hydroxyl groups excluding tert-OH is 1. The molecule has 0 saturated carbocycles. The first-order chi connectivity index (χ1) is 7.24. The SMILES string of the molecule is COc1nccnc1C(O)C(OC)OC. The summed E-state index contributed by atoms with van der Waals surface area (Å²) in [6, 6.07) is 0. The molecule has 0 fully saturated rings. The van der Waals surface area contributed by atoms with Gasteiger partial charge in [0.2, 0.25) is 5.88 Å². The molecule has 15 heavy (non-hydrogen) atoms. The fraction of sp³-hybridized carbons (Fsp3) is 0.556. The van der Waals surface area contributed by atoms with Crippen molar-refractivity contribution in [2.45, 2.75) is 12.4 Å². The number of hydrogen-bond donors (Lipinski definition) is 1. The molecule has 1 heterocycles. The molecule has 1 atom stereocenters. The number of aromatic nitrogens is 2. The maximum atomic E-state index is 9.86. The zero-order valence-corrected chi connectivity index (χ0v) is 8.88. The number of hydrogen-bond acceptors (Lipinski definition) is 6. The number of aliphatic hydroxyl groups is 1. The molecule has 0 aliphatic carbocycles. The van der Waals surface area contributed by atoms with Crippen LogP contribution in [0.3, 0.4) is 0 Å². The zero-order chi connectivity index (χ0) is 11.3. The standard InChI is InChI=1S/C9H14N2O4/c1-13-8-6(10-4-5-11-8)7(12)9(14-2)15-3/h4-5,7,9,12H,1-3H3. The van der Waals surface area contributed by atoms with E-state index in [9.17, 15) is 5.11 Å². The summed E-state index contributed by atoms with van der Waals surface area (Å²) in [5, 5.41) is 9.86. The fourth-order valence-electron chi connectivity index (χ4n) is 1.18. The van der Waals surface area contributed by atoms with Crippen molar-refractivity contribution >= 4 is 0 Å². The smallest absolute Gasteiger partial charge is 0.238 e. The maximum Gasteiger partial charge on any atom is 0.238 e. The van der Waals surface area contributed by atoms with Crippen molar-refractivity contribution in [1.29, 1.82) is 0 Å². The lowest BCUT2D eigenvalue weighted by Gasteiger charge is -2.20. The molecule has 1 N–H and O–H groups in total. The summed E-state index contributed by atoms with van der Waals surface area (Å²) in [7, 11) is 4.31. The second-order valence-electron chi connectivity index (χ2n) is 2.74. The minimum atomic E-state index is -1.04. The molecule has 84 valence electrons. The van der Waals surface area contributed by atoms with Gasteiger partial charge in [0.25, 0.3) is 0 Å². The van der Waals surface area contributed by atoms with Gasteiger partial charge in [-0.05, 0) is 0 Å². The largest absolute Gasteiger partial charge is 0.480 e. The average molecular weight is 214 g/mol. The predicted molar refractivity (Wildman–Crippen MR) is 51.3 cm³/mol. The Kier molecular flexibility index (Phi) is 4.41. The van der Waals surface area contributed by atoms with Crippen molar-refractivity contribution in [2.24, 2.45) is 0 Å². The Hall–Kier alpha value is -1.24. The van der Waals surface area contributed by atoms with Crippen LogP contribution in [0.4, 0.5) is 0 Å². The van der Waals surface area contributed by atoms with E-state index in [1.54, 1.807) is 0 Å². The third-order valence-corrected chi connectivity index (χ3v) is 1.89. The molecule has 0 aliphatic heterocycles. The third-order valence-electron chi connectivity index (χ3n) is 1.89. The van der Waals surface area contributed by atoms with E-state index >= 15 is 0 Å². The van der Waals surface area contributed by atoms with Gasteiger partial charge in [-0.1, -0.05) is 0 Å². The van der Waals surface area contributed by atoms with E-state index in [-0.39, 0.29) is 11.6 Å². The van der Waals surface area contributed by atoms with Crippen LogP contribution in [0.5, 0.6) is 5.88 Å². The van der Waals surface area contributed by atoms with Crippen LogP contribution in [0.2, 0.25) is 0 Å². The lowest BCUT2D eigenvalue weighted by Crippen LogP contribution is -2.24. The topological polar surface area (TPSA) is 73.7 Å². The second-order valence-corrected chi connectivity index (χ2v) is 2.74. The summed E-state index contributed by atoms with van der Waals surface area (Å²) in [5.74, 6) is 0.254. The Morgan fingerprint density at radius 1 is 1.13 bits per heavy atom. The van der Waals surface area contributed by atoms with Crippen LogP contribution in [0.25, 0.3) is 0 Å². The first kappa shape index (κ1) is 11.8. The van der Waals surface area contributed by atoms with Gasteiger partial charge in [-0.15, -0.1) is 0 Å². The maximum absolute atomic E-state index is 9.86. The molecule has 6 nitrogen and oxygen atoms in total. The Morgan fingerprint density at radius 3 is 2.27 bits per heavy atom. The van der Waals surface area contributed by atoms with E-state index in [1.807, 2.05) is 0 Å². The van der Waals surface area contributed by atoms with Crippen molar-refractivity contribution in [1.82, 2.24) is 9.97 Å². The zero-order valence-electron chi connectivity index (χ0n) is 8.88. The molecular weight excluding hydrogens is 200 g/mol. The van der Waals surface area contributed by atoms with Gasteiger partial charge in [0.05, 0.1) is 7.11 Å². The molecular formula is C9H14N2O4. The molecule has 0 aromatic carbocycles. The minimum absolute atomic E-state index is 0.254. The van der Waals surface area contributed by atoms with Crippen molar-refractivity contribution in [3.05, 3.63) is 18.1 Å². The Morgan fingerprint density at radius 2 is 1.73 bits per heavy atom. The lowest BCUT2D eigenvalue weighted by molar-refractivity contribution is -0.167. The molecule has 1 aromatic rings. The fourth-order valence-corrected chi connectivity index (χ4v) is 1.18. The van der Waals surface area contributed by atoms with Gasteiger partial charge in [0, 0.05) is 26.6 Å². The van der Waals surface area contributed by atoms with Crippen LogP contribution >= 0.6 is 0 Å². The van der Waals surface area contributed by atoms with E-state index in [4.69, 9.17) is 14.2 Å². The quantitative estimate of drug-likeness (QED) is 0.703. The Balaban J connectivity index is 2.93. The number of nitrogens with zero attached hydrogens (tertiary/aromatic N) is 2. The monoisotopic (exact) mass is 214 g/mol. The van der Waals surface area contributed by atoms with Gasteiger partial charge in [0.1, 0.15) is 5.69 Å². The van der Waals surface area contributed by atoms with Crippen LogP contribution in [-0.2, 0) is 9.47 Å². The Labute approximate surface area is 87.8 Å². The normalized spacial score (nSPS) is 12.9. The summed E-state index contributed by atoms with van der Waals surface area (Å²) >= 11 is 0. The van der Waals surface area contributed by atoms with Crippen molar-refractivity contribution in [3.8, 4) is 5.88 Å². The van der Waals surface area contributed by atoms with Gasteiger partial charge >= 0.3 is 0 Å². The molecule has 1 rings (SSSR count). The summed E-state index contributed by atoms with van der Waals surface area (Å²) in [4.78, 5) is 7.88. The van der Waals surface area contributed by atoms with Crippen molar-refractivity contribution in [3.63, 3.8) is 0 Å². The molecule has 1 unspecified atom stereocenters. The Bertz CT molecular complexity index is 304. The van der Waals surface area contributed by atoms with E-state index in [0.29, 0.717) is 0 Å². The van der Waals surface area contributed by atoms with E-state index in [2.05, 4.69) is 9.97 Å². The highest BCUT2D eigenvalue weighted by Crippen LogP contribution is 2.23. The van der Waals surface area contributed by atoms with E-state index < -0.39 is 12.4 Å². The summed E-state index contributed by atoms with van der Waals surface area (Å²) in [6.45, 7) is 0. The van der Waals surface area contributed by atoms with Crippen molar-refractivity contribution in [2.75, 3.05) is 21.3 Å². The highest BCUT2D eigenvalue weighted by atomic mass is 16.7.